The lowest BCUT2D eigenvalue weighted by Crippen LogP contribution is -2.35. The maximum absolute atomic E-state index is 13.6. The van der Waals surface area contributed by atoms with Crippen LogP contribution in [0, 0.1) is 11.7 Å². The van der Waals surface area contributed by atoms with Gasteiger partial charge in [0.1, 0.15) is 5.82 Å². The number of benzene rings is 2. The molecule has 28 heavy (non-hydrogen) atoms. The largest absolute Gasteiger partial charge is 0.356 e. The molecule has 0 radical (unpaired) electrons. The van der Waals surface area contributed by atoms with Gasteiger partial charge in [0.15, 0.2) is 0 Å². The predicted octanol–water partition coefficient (Wildman–Crippen LogP) is 4.23. The Hall–Kier alpha value is -2.69. The second kappa shape index (κ2) is 9.49. The molecule has 1 aliphatic carbocycles. The Kier molecular flexibility index (Phi) is 6.80. The zero-order valence-corrected chi connectivity index (χ0v) is 16.3. The Balaban J connectivity index is 1.81. The number of hydrogen-bond acceptors (Lipinski definition) is 2. The number of likely N-dealkylation sites (N-methyl/N-ethyl adjacent to an activating group) is 1. The van der Waals surface area contributed by atoms with Crippen molar-refractivity contribution in [2.75, 3.05) is 11.4 Å². The van der Waals surface area contributed by atoms with Crippen LogP contribution in [0.4, 0.5) is 10.1 Å². The lowest BCUT2D eigenvalue weighted by atomic mass is 10.0. The molecule has 0 heterocycles. The fourth-order valence-electron chi connectivity index (χ4n) is 3.75. The highest BCUT2D eigenvalue weighted by Gasteiger charge is 2.28. The molecule has 0 bridgehead atoms. The molecule has 0 saturated heterocycles. The van der Waals surface area contributed by atoms with Gasteiger partial charge in [0.2, 0.25) is 11.8 Å². The van der Waals surface area contributed by atoms with Gasteiger partial charge in [-0.05, 0) is 55.2 Å². The number of halogens is 1. The molecule has 5 heteroatoms. The van der Waals surface area contributed by atoms with E-state index in [0.717, 1.165) is 42.5 Å². The second-order valence-corrected chi connectivity index (χ2v) is 7.33. The number of hydrogen-bond donors (Lipinski definition) is 1. The zero-order valence-electron chi connectivity index (χ0n) is 16.3. The molecule has 1 aliphatic rings. The summed E-state index contributed by atoms with van der Waals surface area (Å²) in [5.74, 6) is -0.196. The van der Waals surface area contributed by atoms with Gasteiger partial charge in [-0.25, -0.2) is 4.39 Å². The summed E-state index contributed by atoms with van der Waals surface area (Å²) in [6, 6.07) is 13.9. The first-order valence-corrected chi connectivity index (χ1v) is 9.98. The first-order chi connectivity index (χ1) is 13.6. The van der Waals surface area contributed by atoms with Crippen LogP contribution >= 0.6 is 0 Å². The molecule has 0 aliphatic heterocycles. The topological polar surface area (TPSA) is 49.4 Å². The van der Waals surface area contributed by atoms with Crippen LogP contribution in [-0.2, 0) is 22.6 Å². The minimum absolute atomic E-state index is 0.0195. The molecule has 0 aromatic heterocycles. The molecule has 3 rings (SSSR count). The smallest absolute Gasteiger partial charge is 0.230 e. The van der Waals surface area contributed by atoms with Gasteiger partial charge in [-0.2, -0.15) is 0 Å². The van der Waals surface area contributed by atoms with Crippen LogP contribution in [0.1, 0.15) is 43.7 Å². The number of rotatable bonds is 7. The standard InChI is InChI=1S/C23H27FN2O2/c1-2-25-22(27)15-17-10-12-21(13-11-17)26(23(28)19-7-3-4-8-19)16-18-6-5-9-20(24)14-18/h5-6,9-14,19H,2-4,7-8,15-16H2,1H3,(H,25,27). The molecule has 2 amide bonds. The third kappa shape index (κ3) is 5.18. The van der Waals surface area contributed by atoms with Crippen LogP contribution in [0.25, 0.3) is 0 Å². The minimum Gasteiger partial charge on any atom is -0.356 e. The van der Waals surface area contributed by atoms with Crippen molar-refractivity contribution in [3.63, 3.8) is 0 Å². The second-order valence-electron chi connectivity index (χ2n) is 7.33. The Morgan fingerprint density at radius 1 is 1.07 bits per heavy atom. The van der Waals surface area contributed by atoms with E-state index < -0.39 is 0 Å². The SMILES string of the molecule is CCNC(=O)Cc1ccc(N(Cc2cccc(F)c2)C(=O)C2CCCC2)cc1. The normalized spacial score (nSPS) is 14.1. The molecule has 2 aromatic rings. The number of carbonyl (C=O) groups excluding carboxylic acids is 2. The van der Waals surface area contributed by atoms with Gasteiger partial charge in [0, 0.05) is 18.2 Å². The van der Waals surface area contributed by atoms with E-state index in [1.807, 2.05) is 37.3 Å². The van der Waals surface area contributed by atoms with Gasteiger partial charge >= 0.3 is 0 Å². The highest BCUT2D eigenvalue weighted by molar-refractivity contribution is 5.95. The zero-order chi connectivity index (χ0) is 19.9. The van der Waals surface area contributed by atoms with Crippen molar-refractivity contribution in [2.24, 2.45) is 5.92 Å². The lowest BCUT2D eigenvalue weighted by molar-refractivity contribution is -0.122. The quantitative estimate of drug-likeness (QED) is 0.779. The van der Waals surface area contributed by atoms with E-state index in [1.54, 1.807) is 11.0 Å². The number of carbonyl (C=O) groups is 2. The molecule has 1 saturated carbocycles. The summed E-state index contributed by atoms with van der Waals surface area (Å²) in [6.45, 7) is 2.83. The number of anilines is 1. The highest BCUT2D eigenvalue weighted by Crippen LogP contribution is 2.30. The van der Waals surface area contributed by atoms with Gasteiger partial charge < -0.3 is 10.2 Å². The summed E-state index contributed by atoms with van der Waals surface area (Å²) in [5.41, 5.74) is 2.44. The average Bonchev–Trinajstić information content (AvgIpc) is 3.21. The van der Waals surface area contributed by atoms with Crippen LogP contribution in [-0.4, -0.2) is 18.4 Å². The van der Waals surface area contributed by atoms with Crippen LogP contribution in [0.2, 0.25) is 0 Å². The van der Waals surface area contributed by atoms with Crippen molar-refractivity contribution in [2.45, 2.75) is 45.6 Å². The first kappa shape index (κ1) is 20.1. The number of amides is 2. The summed E-state index contributed by atoms with van der Waals surface area (Å²) >= 11 is 0. The van der Waals surface area contributed by atoms with Crippen molar-refractivity contribution in [3.8, 4) is 0 Å². The predicted molar refractivity (Wildman–Crippen MR) is 108 cm³/mol. The van der Waals surface area contributed by atoms with Crippen molar-refractivity contribution >= 4 is 17.5 Å². The molecule has 148 valence electrons. The first-order valence-electron chi connectivity index (χ1n) is 9.98. The summed E-state index contributed by atoms with van der Waals surface area (Å²) in [7, 11) is 0. The fraction of sp³-hybridized carbons (Fsp3) is 0.391. The molecular weight excluding hydrogens is 355 g/mol. The maximum atomic E-state index is 13.6. The Morgan fingerprint density at radius 3 is 2.43 bits per heavy atom. The Morgan fingerprint density at radius 2 is 1.79 bits per heavy atom. The van der Waals surface area contributed by atoms with E-state index in [1.165, 1.54) is 12.1 Å². The van der Waals surface area contributed by atoms with E-state index >= 15 is 0 Å². The maximum Gasteiger partial charge on any atom is 0.230 e. The van der Waals surface area contributed by atoms with Crippen LogP contribution in [0.3, 0.4) is 0 Å². The van der Waals surface area contributed by atoms with Crippen molar-refractivity contribution in [1.82, 2.24) is 5.32 Å². The lowest BCUT2D eigenvalue weighted by Gasteiger charge is -2.26. The highest BCUT2D eigenvalue weighted by atomic mass is 19.1. The van der Waals surface area contributed by atoms with E-state index in [4.69, 9.17) is 0 Å². The molecule has 1 fully saturated rings. The minimum atomic E-state index is -0.303. The average molecular weight is 382 g/mol. The summed E-state index contributed by atoms with van der Waals surface area (Å²) in [6.07, 6.45) is 4.29. The van der Waals surface area contributed by atoms with Gasteiger partial charge in [0.05, 0.1) is 13.0 Å². The molecule has 1 N–H and O–H groups in total. The molecule has 0 unspecified atom stereocenters. The Labute approximate surface area is 165 Å². The fourth-order valence-corrected chi connectivity index (χ4v) is 3.75. The summed E-state index contributed by atoms with van der Waals surface area (Å²) in [5, 5.41) is 2.79. The monoisotopic (exact) mass is 382 g/mol. The van der Waals surface area contributed by atoms with Gasteiger partial charge in [-0.15, -0.1) is 0 Å². The number of nitrogens with zero attached hydrogens (tertiary/aromatic N) is 1. The van der Waals surface area contributed by atoms with E-state index in [-0.39, 0.29) is 23.5 Å². The summed E-state index contributed by atoms with van der Waals surface area (Å²) < 4.78 is 13.6. The molecule has 0 spiro atoms. The molecule has 4 nitrogen and oxygen atoms in total. The van der Waals surface area contributed by atoms with E-state index in [0.29, 0.717) is 19.5 Å². The molecule has 2 aromatic carbocycles. The third-order valence-corrected chi connectivity index (χ3v) is 5.19. The van der Waals surface area contributed by atoms with Crippen LogP contribution < -0.4 is 10.2 Å². The van der Waals surface area contributed by atoms with Crippen LogP contribution in [0.5, 0.6) is 0 Å². The van der Waals surface area contributed by atoms with Crippen molar-refractivity contribution in [1.29, 1.82) is 0 Å². The molecular formula is C23H27FN2O2. The van der Waals surface area contributed by atoms with Gasteiger partial charge in [-0.3, -0.25) is 9.59 Å². The van der Waals surface area contributed by atoms with Crippen molar-refractivity contribution in [3.05, 3.63) is 65.5 Å². The number of nitrogens with one attached hydrogen (secondary N) is 1. The van der Waals surface area contributed by atoms with E-state index in [9.17, 15) is 14.0 Å². The van der Waals surface area contributed by atoms with Crippen LogP contribution in [0.15, 0.2) is 48.5 Å². The van der Waals surface area contributed by atoms with Crippen molar-refractivity contribution < 1.29 is 14.0 Å². The third-order valence-electron chi connectivity index (χ3n) is 5.19. The van der Waals surface area contributed by atoms with Gasteiger partial charge in [-0.1, -0.05) is 37.1 Å². The molecule has 0 atom stereocenters. The van der Waals surface area contributed by atoms with E-state index in [2.05, 4.69) is 5.32 Å². The van der Waals surface area contributed by atoms with Gasteiger partial charge in [0.25, 0.3) is 0 Å². The summed E-state index contributed by atoms with van der Waals surface area (Å²) in [4.78, 5) is 26.7. The Bertz CT molecular complexity index is 814.